The van der Waals surface area contributed by atoms with E-state index >= 15 is 0 Å². The smallest absolute Gasteiger partial charge is 0.244 e. The zero-order valence-corrected chi connectivity index (χ0v) is 17.1. The third-order valence-corrected chi connectivity index (χ3v) is 7.00. The van der Waals surface area contributed by atoms with Gasteiger partial charge in [0, 0.05) is 26.2 Å². The number of carbonyl (C=O) groups is 1. The molecule has 1 aromatic carbocycles. The fourth-order valence-electron chi connectivity index (χ4n) is 2.54. The first-order valence-corrected chi connectivity index (χ1v) is 10.9. The summed E-state index contributed by atoms with van der Waals surface area (Å²) in [5.41, 5.74) is 5.91. The van der Waals surface area contributed by atoms with Gasteiger partial charge in [-0.3, -0.25) is 4.79 Å². The van der Waals surface area contributed by atoms with Crippen molar-refractivity contribution in [1.82, 2.24) is 9.21 Å². The molecule has 2 N–H and O–H groups in total. The van der Waals surface area contributed by atoms with E-state index in [4.69, 9.17) is 17.3 Å². The largest absolute Gasteiger partial charge is 0.339 e. The van der Waals surface area contributed by atoms with E-state index in [2.05, 4.69) is 0 Å². The summed E-state index contributed by atoms with van der Waals surface area (Å²) in [7, 11) is -3.65. The molecule has 1 atom stereocenters. The number of benzene rings is 1. The highest BCUT2D eigenvalue weighted by Crippen LogP contribution is 2.25. The summed E-state index contributed by atoms with van der Waals surface area (Å²) in [4.78, 5) is 14.0. The normalized spacial score (nSPS) is 17.0. The van der Waals surface area contributed by atoms with Gasteiger partial charge >= 0.3 is 0 Å². The van der Waals surface area contributed by atoms with Crippen LogP contribution in [0.3, 0.4) is 0 Å². The molecular formula is C15H23Cl2N3O3S2. The van der Waals surface area contributed by atoms with Gasteiger partial charge in [0.1, 0.15) is 4.90 Å². The molecule has 10 heteroatoms. The minimum absolute atomic E-state index is 0. The van der Waals surface area contributed by atoms with Crippen LogP contribution >= 0.6 is 35.8 Å². The van der Waals surface area contributed by atoms with Gasteiger partial charge in [-0.2, -0.15) is 16.1 Å². The van der Waals surface area contributed by atoms with E-state index in [0.29, 0.717) is 19.5 Å². The van der Waals surface area contributed by atoms with E-state index in [0.717, 1.165) is 5.75 Å². The van der Waals surface area contributed by atoms with E-state index in [1.807, 2.05) is 6.26 Å². The maximum atomic E-state index is 12.7. The van der Waals surface area contributed by atoms with Gasteiger partial charge in [-0.05, 0) is 30.6 Å². The van der Waals surface area contributed by atoms with Gasteiger partial charge in [-0.25, -0.2) is 8.42 Å². The summed E-state index contributed by atoms with van der Waals surface area (Å²) in [5, 5.41) is 0.204. The van der Waals surface area contributed by atoms with Crippen molar-refractivity contribution in [2.75, 3.05) is 38.2 Å². The van der Waals surface area contributed by atoms with Gasteiger partial charge in [0.2, 0.25) is 15.9 Å². The maximum Gasteiger partial charge on any atom is 0.244 e. The summed E-state index contributed by atoms with van der Waals surface area (Å²) in [6.07, 6.45) is 2.59. The number of halogens is 2. The predicted octanol–water partition coefficient (Wildman–Crippen LogP) is 1.68. The summed E-state index contributed by atoms with van der Waals surface area (Å²) >= 11 is 7.65. The lowest BCUT2D eigenvalue weighted by Crippen LogP contribution is -2.54. The fraction of sp³-hybridized carbons (Fsp3) is 0.533. The molecule has 1 aliphatic heterocycles. The number of rotatable bonds is 6. The van der Waals surface area contributed by atoms with Crippen LogP contribution in [0.5, 0.6) is 0 Å². The molecule has 6 nitrogen and oxygen atoms in total. The van der Waals surface area contributed by atoms with Gasteiger partial charge in [-0.15, -0.1) is 12.4 Å². The average Bonchev–Trinajstić information content (AvgIpc) is 2.59. The quantitative estimate of drug-likeness (QED) is 0.746. The molecule has 142 valence electrons. The zero-order valence-electron chi connectivity index (χ0n) is 13.9. The fourth-order valence-corrected chi connectivity index (χ4v) is 4.95. The number of piperazine rings is 1. The van der Waals surface area contributed by atoms with Crippen molar-refractivity contribution in [3.05, 3.63) is 29.3 Å². The number of nitrogens with zero attached hydrogens (tertiary/aromatic N) is 2. The molecule has 1 heterocycles. The molecule has 25 heavy (non-hydrogen) atoms. The van der Waals surface area contributed by atoms with E-state index in [9.17, 15) is 13.2 Å². The van der Waals surface area contributed by atoms with Crippen molar-refractivity contribution < 1.29 is 13.2 Å². The Morgan fingerprint density at radius 3 is 2.44 bits per heavy atom. The van der Waals surface area contributed by atoms with Crippen LogP contribution < -0.4 is 5.73 Å². The Labute approximate surface area is 164 Å². The molecule has 0 spiro atoms. The number of sulfonamides is 1. The van der Waals surface area contributed by atoms with Crippen LogP contribution in [0.25, 0.3) is 0 Å². The first-order valence-electron chi connectivity index (χ1n) is 7.66. The predicted molar refractivity (Wildman–Crippen MR) is 105 cm³/mol. The lowest BCUT2D eigenvalue weighted by molar-refractivity contribution is -0.133. The Hall–Kier alpha value is -0.510. The highest BCUT2D eigenvalue weighted by atomic mass is 35.5. The van der Waals surface area contributed by atoms with E-state index in [1.54, 1.807) is 34.9 Å². The van der Waals surface area contributed by atoms with Crippen molar-refractivity contribution in [3.63, 3.8) is 0 Å². The second-order valence-corrected chi connectivity index (χ2v) is 8.85. The Bertz CT molecular complexity index is 680. The van der Waals surface area contributed by atoms with Crippen molar-refractivity contribution in [3.8, 4) is 0 Å². The molecular weight excluding hydrogens is 405 g/mol. The van der Waals surface area contributed by atoms with Gasteiger partial charge in [0.25, 0.3) is 0 Å². The second kappa shape index (κ2) is 9.99. The lowest BCUT2D eigenvalue weighted by atomic mass is 10.2. The van der Waals surface area contributed by atoms with Crippen LogP contribution in [0.4, 0.5) is 0 Å². The van der Waals surface area contributed by atoms with Crippen LogP contribution in [0, 0.1) is 0 Å². The molecule has 2 rings (SSSR count). The van der Waals surface area contributed by atoms with Crippen LogP contribution in [-0.2, 0) is 14.8 Å². The van der Waals surface area contributed by atoms with Crippen LogP contribution in [0.15, 0.2) is 29.2 Å². The minimum Gasteiger partial charge on any atom is -0.339 e. The van der Waals surface area contributed by atoms with Gasteiger partial charge in [-0.1, -0.05) is 23.7 Å². The van der Waals surface area contributed by atoms with E-state index in [-0.39, 0.29) is 41.3 Å². The molecule has 1 fully saturated rings. The number of hydrogen-bond donors (Lipinski definition) is 1. The SMILES string of the molecule is CSCCC(N)C(=O)N1CCN(S(=O)(=O)c2ccccc2Cl)CC1.Cl. The van der Waals surface area contributed by atoms with E-state index < -0.39 is 16.1 Å². The molecule has 1 aliphatic rings. The van der Waals surface area contributed by atoms with Crippen LogP contribution in [0.1, 0.15) is 6.42 Å². The summed E-state index contributed by atoms with van der Waals surface area (Å²) in [6.45, 7) is 1.17. The maximum absolute atomic E-state index is 12.7. The third kappa shape index (κ3) is 5.48. The van der Waals surface area contributed by atoms with Crippen molar-refractivity contribution in [2.45, 2.75) is 17.4 Å². The zero-order chi connectivity index (χ0) is 17.7. The van der Waals surface area contributed by atoms with Crippen molar-refractivity contribution in [1.29, 1.82) is 0 Å². The third-order valence-electron chi connectivity index (χ3n) is 3.95. The van der Waals surface area contributed by atoms with Crippen LogP contribution in [0.2, 0.25) is 5.02 Å². The first kappa shape index (κ1) is 22.5. The van der Waals surface area contributed by atoms with Crippen LogP contribution in [-0.4, -0.2) is 67.8 Å². The molecule has 1 aromatic rings. The van der Waals surface area contributed by atoms with Gasteiger partial charge in [0.15, 0.2) is 0 Å². The highest BCUT2D eigenvalue weighted by molar-refractivity contribution is 7.98. The summed E-state index contributed by atoms with van der Waals surface area (Å²) < 4.78 is 26.7. The highest BCUT2D eigenvalue weighted by Gasteiger charge is 2.32. The molecule has 1 amide bonds. The Balaban J connectivity index is 0.00000312. The molecule has 0 aromatic heterocycles. The standard InChI is InChI=1S/C15H22ClN3O3S2.ClH/c1-23-11-6-13(17)15(20)18-7-9-19(10-8-18)24(21,22)14-5-3-2-4-12(14)16;/h2-5,13H,6-11,17H2,1H3;1H. The minimum atomic E-state index is -3.65. The number of amides is 1. The first-order chi connectivity index (χ1) is 11.4. The Morgan fingerprint density at radius 2 is 1.88 bits per heavy atom. The Morgan fingerprint density at radius 1 is 1.28 bits per heavy atom. The Kier molecular flexibility index (Phi) is 9.00. The number of thioether (sulfide) groups is 1. The number of hydrogen-bond acceptors (Lipinski definition) is 5. The topological polar surface area (TPSA) is 83.7 Å². The number of nitrogens with two attached hydrogens (primary N) is 1. The molecule has 0 bridgehead atoms. The van der Waals surface area contributed by atoms with E-state index in [1.165, 1.54) is 10.4 Å². The molecule has 0 aliphatic carbocycles. The van der Waals surface area contributed by atoms with Gasteiger partial charge in [0.05, 0.1) is 11.1 Å². The number of carbonyl (C=O) groups excluding carboxylic acids is 1. The molecule has 0 saturated carbocycles. The van der Waals surface area contributed by atoms with Crippen molar-refractivity contribution in [2.24, 2.45) is 5.73 Å². The average molecular weight is 428 g/mol. The summed E-state index contributed by atoms with van der Waals surface area (Å²) in [6, 6.07) is 5.85. The monoisotopic (exact) mass is 427 g/mol. The lowest BCUT2D eigenvalue weighted by Gasteiger charge is -2.35. The second-order valence-electron chi connectivity index (χ2n) is 5.55. The summed E-state index contributed by atoms with van der Waals surface area (Å²) in [5.74, 6) is 0.715. The molecule has 1 saturated heterocycles. The molecule has 0 radical (unpaired) electrons. The van der Waals surface area contributed by atoms with Crippen molar-refractivity contribution >= 4 is 51.7 Å². The molecule has 1 unspecified atom stereocenters. The van der Waals surface area contributed by atoms with Gasteiger partial charge < -0.3 is 10.6 Å².